The van der Waals surface area contributed by atoms with Crippen LogP contribution in [0.15, 0.2) is 65.9 Å². The number of benzene rings is 2. The number of amides is 2. The number of aromatic amines is 1. The van der Waals surface area contributed by atoms with Crippen molar-refractivity contribution in [3.63, 3.8) is 0 Å². The van der Waals surface area contributed by atoms with Gasteiger partial charge in [-0.25, -0.2) is 4.79 Å². The number of nitrogens with one attached hydrogen (secondary N) is 3. The molecule has 44 heavy (non-hydrogen) atoms. The summed E-state index contributed by atoms with van der Waals surface area (Å²) < 4.78 is 10.4. The molecule has 0 radical (unpaired) electrons. The Kier molecular flexibility index (Phi) is 12.9. The van der Waals surface area contributed by atoms with Crippen molar-refractivity contribution in [2.75, 3.05) is 20.8 Å². The summed E-state index contributed by atoms with van der Waals surface area (Å²) >= 11 is 0. The zero-order valence-electron chi connectivity index (χ0n) is 25.7. The number of hydrogen-bond donors (Lipinski definition) is 5. The highest BCUT2D eigenvalue weighted by Gasteiger charge is 2.31. The first kappa shape index (κ1) is 34.2. The molecule has 3 aromatic rings. The third-order valence-corrected chi connectivity index (χ3v) is 7.11. The van der Waals surface area contributed by atoms with E-state index in [9.17, 15) is 24.6 Å². The minimum absolute atomic E-state index is 0.0280. The Bertz CT molecular complexity index is 1410. The number of carbonyl (C=O) groups is 3. The summed E-state index contributed by atoms with van der Waals surface area (Å²) in [6, 6.07) is 14.6. The lowest BCUT2D eigenvalue weighted by Gasteiger charge is -2.25. The number of H-pyrrole nitrogens is 1. The second-order valence-electron chi connectivity index (χ2n) is 10.8. The molecular weight excluding hydrogens is 568 g/mol. The van der Waals surface area contributed by atoms with Crippen molar-refractivity contribution >= 4 is 34.4 Å². The smallest absolute Gasteiger partial charge is 0.328 e. The zero-order valence-corrected chi connectivity index (χ0v) is 25.7. The minimum Gasteiger partial charge on any atom is -0.467 e. The summed E-state index contributed by atoms with van der Waals surface area (Å²) in [4.78, 5) is 47.7. The third-order valence-electron chi connectivity index (χ3n) is 7.11. The van der Waals surface area contributed by atoms with Crippen LogP contribution < -0.4 is 10.6 Å². The molecular formula is C32H42N4O8. The van der Waals surface area contributed by atoms with Gasteiger partial charge in [0.2, 0.25) is 5.91 Å². The Hall–Kier alpha value is -4.26. The van der Waals surface area contributed by atoms with Crippen LogP contribution in [-0.2, 0) is 41.5 Å². The van der Waals surface area contributed by atoms with Crippen LogP contribution in [-0.4, -0.2) is 89.9 Å². The van der Waals surface area contributed by atoms with E-state index < -0.39 is 54.8 Å². The molecule has 0 saturated heterocycles. The number of para-hydroxylation sites is 1. The number of fused-ring (bicyclic) bond motifs is 1. The number of nitrogens with zero attached hydrogens (tertiary/aromatic N) is 1. The van der Waals surface area contributed by atoms with Crippen LogP contribution in [0.1, 0.15) is 31.9 Å². The first-order valence-electron chi connectivity index (χ1n) is 14.4. The molecule has 1 heterocycles. The highest BCUT2D eigenvalue weighted by atomic mass is 16.6. The van der Waals surface area contributed by atoms with Crippen molar-refractivity contribution < 1.29 is 38.9 Å². The van der Waals surface area contributed by atoms with Crippen LogP contribution >= 0.6 is 0 Å². The van der Waals surface area contributed by atoms with E-state index >= 15 is 0 Å². The monoisotopic (exact) mass is 610 g/mol. The molecule has 2 unspecified atom stereocenters. The van der Waals surface area contributed by atoms with Crippen molar-refractivity contribution in [1.82, 2.24) is 15.6 Å². The van der Waals surface area contributed by atoms with E-state index in [0.29, 0.717) is 0 Å². The van der Waals surface area contributed by atoms with Gasteiger partial charge in [-0.1, -0.05) is 67.5 Å². The van der Waals surface area contributed by atoms with E-state index in [2.05, 4.69) is 20.8 Å². The van der Waals surface area contributed by atoms with Crippen molar-refractivity contribution in [2.45, 2.75) is 64.0 Å². The molecule has 3 rings (SSSR count). The van der Waals surface area contributed by atoms with Gasteiger partial charge in [-0.15, -0.1) is 0 Å². The fourth-order valence-corrected chi connectivity index (χ4v) is 4.84. The molecule has 0 aliphatic rings. The van der Waals surface area contributed by atoms with Gasteiger partial charge in [0.1, 0.15) is 30.0 Å². The summed E-state index contributed by atoms with van der Waals surface area (Å²) in [6.07, 6.45) is -1.16. The Labute approximate surface area is 256 Å². The number of carbonyl (C=O) groups excluding carboxylic acids is 3. The fraction of sp³-hybridized carbons (Fsp3) is 0.438. The standard InChI is InChI=1S/C32H42N4O8/c1-19(2)30(42-4)28(29(39)20(3)37)36-44-18-27(38)34-25(16-22-17-33-24-14-10-9-13-23(22)24)31(40)35-26(32(41)43-5)15-21-11-7-6-8-12-21/h6-14,17,19-20,25-26,29-30,33,37,39H,15-16,18H2,1-5H3,(H,34,38)(H,35,40)/b36-28+/t20?,25-,26-,29?,30-/m0/s1. The van der Waals surface area contributed by atoms with Crippen LogP contribution in [0, 0.1) is 5.92 Å². The number of ether oxygens (including phenoxy) is 2. The van der Waals surface area contributed by atoms with Crippen LogP contribution in [0.4, 0.5) is 0 Å². The second-order valence-corrected chi connectivity index (χ2v) is 10.8. The molecule has 1 aromatic heterocycles. The van der Waals surface area contributed by atoms with Crippen LogP contribution in [0.5, 0.6) is 0 Å². The zero-order chi connectivity index (χ0) is 32.2. The number of esters is 1. The molecule has 0 fully saturated rings. The van der Waals surface area contributed by atoms with E-state index in [1.807, 2.05) is 68.4 Å². The van der Waals surface area contributed by atoms with Crippen LogP contribution in [0.3, 0.4) is 0 Å². The van der Waals surface area contributed by atoms with Gasteiger partial charge in [-0.05, 0) is 30.0 Å². The average molecular weight is 611 g/mol. The van der Waals surface area contributed by atoms with Crippen molar-refractivity contribution in [3.8, 4) is 0 Å². The molecule has 0 saturated carbocycles. The maximum Gasteiger partial charge on any atom is 0.328 e. The summed E-state index contributed by atoms with van der Waals surface area (Å²) in [5, 5.41) is 30.6. The van der Waals surface area contributed by atoms with Gasteiger partial charge in [0, 0.05) is 37.1 Å². The molecule has 2 amide bonds. The lowest BCUT2D eigenvalue weighted by molar-refractivity contribution is -0.145. The molecule has 5 N–H and O–H groups in total. The van der Waals surface area contributed by atoms with E-state index in [1.165, 1.54) is 21.1 Å². The lowest BCUT2D eigenvalue weighted by atomic mass is 9.96. The Morgan fingerprint density at radius 1 is 0.909 bits per heavy atom. The van der Waals surface area contributed by atoms with Gasteiger partial charge >= 0.3 is 5.97 Å². The summed E-state index contributed by atoms with van der Waals surface area (Å²) in [7, 11) is 2.68. The van der Waals surface area contributed by atoms with E-state index in [-0.39, 0.29) is 24.5 Å². The quantitative estimate of drug-likeness (QED) is 0.0930. The average Bonchev–Trinajstić information content (AvgIpc) is 3.42. The van der Waals surface area contributed by atoms with Gasteiger partial charge in [0.05, 0.1) is 13.2 Å². The number of aliphatic hydroxyl groups excluding tert-OH is 2. The highest BCUT2D eigenvalue weighted by molar-refractivity contribution is 5.94. The Morgan fingerprint density at radius 2 is 1.59 bits per heavy atom. The number of oxime groups is 1. The Morgan fingerprint density at radius 3 is 2.23 bits per heavy atom. The molecule has 0 spiro atoms. The predicted molar refractivity (Wildman–Crippen MR) is 165 cm³/mol. The van der Waals surface area contributed by atoms with Gasteiger partial charge in [0.25, 0.3) is 5.91 Å². The predicted octanol–water partition coefficient (Wildman–Crippen LogP) is 1.88. The molecule has 0 aliphatic carbocycles. The molecule has 12 nitrogen and oxygen atoms in total. The summed E-state index contributed by atoms with van der Waals surface area (Å²) in [5.74, 6) is -2.01. The topological polar surface area (TPSA) is 172 Å². The molecule has 5 atom stereocenters. The summed E-state index contributed by atoms with van der Waals surface area (Å²) in [6.45, 7) is 4.50. The molecule has 12 heteroatoms. The first-order chi connectivity index (χ1) is 21.0. The molecule has 0 aliphatic heterocycles. The van der Waals surface area contributed by atoms with Gasteiger partial charge in [0.15, 0.2) is 6.61 Å². The number of rotatable bonds is 16. The summed E-state index contributed by atoms with van der Waals surface area (Å²) in [5.41, 5.74) is 2.49. The van der Waals surface area contributed by atoms with Crippen LogP contribution in [0.2, 0.25) is 0 Å². The SMILES string of the molecule is COC(=O)[C@H](Cc1ccccc1)NC(=O)[C@H](Cc1c[nH]c2ccccc12)NC(=O)CO/N=C(\C(O)C(C)O)[C@@H](OC)C(C)C. The first-order valence-corrected chi connectivity index (χ1v) is 14.4. The van der Waals surface area contributed by atoms with E-state index in [1.54, 1.807) is 6.20 Å². The maximum absolute atomic E-state index is 13.6. The number of hydrogen-bond acceptors (Lipinski definition) is 9. The number of methoxy groups -OCH3 is 2. The fourth-order valence-electron chi connectivity index (χ4n) is 4.84. The lowest BCUT2D eigenvalue weighted by Crippen LogP contribution is -2.53. The number of aromatic nitrogens is 1. The largest absolute Gasteiger partial charge is 0.467 e. The van der Waals surface area contributed by atoms with E-state index in [0.717, 1.165) is 22.0 Å². The molecule has 2 aromatic carbocycles. The van der Waals surface area contributed by atoms with Gasteiger partial charge < -0.3 is 40.1 Å². The Balaban J connectivity index is 1.81. The molecule has 0 bridgehead atoms. The van der Waals surface area contributed by atoms with E-state index in [4.69, 9.17) is 14.3 Å². The number of aliphatic hydroxyl groups is 2. The van der Waals surface area contributed by atoms with Crippen LogP contribution in [0.25, 0.3) is 10.9 Å². The van der Waals surface area contributed by atoms with Crippen molar-refractivity contribution in [3.05, 3.63) is 71.9 Å². The molecule has 238 valence electrons. The van der Waals surface area contributed by atoms with Crippen molar-refractivity contribution in [2.24, 2.45) is 11.1 Å². The van der Waals surface area contributed by atoms with Crippen molar-refractivity contribution in [1.29, 1.82) is 0 Å². The second kappa shape index (κ2) is 16.6. The highest BCUT2D eigenvalue weighted by Crippen LogP contribution is 2.19. The maximum atomic E-state index is 13.6. The normalized spacial score (nSPS) is 15.2. The third kappa shape index (κ3) is 9.37. The van der Waals surface area contributed by atoms with Gasteiger partial charge in [-0.2, -0.15) is 0 Å². The van der Waals surface area contributed by atoms with Gasteiger partial charge in [-0.3, -0.25) is 9.59 Å². The minimum atomic E-state index is -1.38.